The number of hydrogen-bond acceptors (Lipinski definition) is 5. The molecular formula is C33H34ClN3O4S. The van der Waals surface area contributed by atoms with E-state index in [4.69, 9.17) is 11.6 Å². The van der Waals surface area contributed by atoms with E-state index < -0.39 is 28.7 Å². The molecule has 3 amide bonds. The maximum atomic E-state index is 14.6. The van der Waals surface area contributed by atoms with Gasteiger partial charge in [0.2, 0.25) is 17.7 Å². The summed E-state index contributed by atoms with van der Waals surface area (Å²) in [6.45, 7) is 3.94. The Kier molecular flexibility index (Phi) is 7.81. The van der Waals surface area contributed by atoms with Crippen LogP contribution in [0.2, 0.25) is 5.02 Å². The Morgan fingerprint density at radius 1 is 1.05 bits per heavy atom. The number of para-hydroxylation sites is 1. The molecule has 0 aromatic heterocycles. The molecule has 3 aromatic rings. The molecule has 7 atom stereocenters. The number of fused-ring (bicyclic) bond motifs is 1. The second-order valence-corrected chi connectivity index (χ2v) is 13.5. The smallest absolute Gasteiger partial charge is 0.248 e. The normalized spacial score (nSPS) is 28.4. The third kappa shape index (κ3) is 4.60. The van der Waals surface area contributed by atoms with Gasteiger partial charge in [0, 0.05) is 11.8 Å². The topological polar surface area (TPSA) is 98.7 Å². The zero-order valence-corrected chi connectivity index (χ0v) is 25.1. The van der Waals surface area contributed by atoms with E-state index in [2.05, 4.69) is 17.6 Å². The van der Waals surface area contributed by atoms with E-state index in [1.807, 2.05) is 79.7 Å². The van der Waals surface area contributed by atoms with Crippen molar-refractivity contribution in [2.24, 2.45) is 17.8 Å². The third-order valence-corrected chi connectivity index (χ3v) is 11.6. The second kappa shape index (κ2) is 11.4. The summed E-state index contributed by atoms with van der Waals surface area (Å²) in [6, 6.07) is 22.7. The number of amides is 3. The first-order valence-electron chi connectivity index (χ1n) is 14.3. The minimum absolute atomic E-state index is 0.0113. The first-order valence-corrected chi connectivity index (χ1v) is 15.6. The molecule has 0 aliphatic carbocycles. The van der Waals surface area contributed by atoms with Crippen molar-refractivity contribution >= 4 is 46.8 Å². The molecule has 3 N–H and O–H groups in total. The summed E-state index contributed by atoms with van der Waals surface area (Å²) >= 11 is 8.11. The van der Waals surface area contributed by atoms with Gasteiger partial charge in [-0.15, -0.1) is 11.8 Å². The van der Waals surface area contributed by atoms with Gasteiger partial charge in [-0.05, 0) is 42.0 Å². The number of nitrogens with zero attached hydrogens (tertiary/aromatic N) is 1. The quantitative estimate of drug-likeness (QED) is 0.338. The molecule has 1 spiro atoms. The molecule has 6 rings (SSSR count). The Bertz CT molecular complexity index is 1490. The molecular weight excluding hydrogens is 570 g/mol. The molecule has 0 saturated carbocycles. The lowest BCUT2D eigenvalue weighted by Crippen LogP contribution is -2.55. The molecule has 3 unspecified atom stereocenters. The van der Waals surface area contributed by atoms with Crippen LogP contribution in [0.25, 0.3) is 0 Å². The molecule has 3 aromatic carbocycles. The van der Waals surface area contributed by atoms with Crippen LogP contribution in [0.5, 0.6) is 0 Å². The zero-order chi connectivity index (χ0) is 29.6. The number of rotatable bonds is 8. The van der Waals surface area contributed by atoms with Crippen LogP contribution in [-0.4, -0.2) is 50.4 Å². The highest BCUT2D eigenvalue weighted by Crippen LogP contribution is 2.69. The molecule has 9 heteroatoms. The van der Waals surface area contributed by atoms with Gasteiger partial charge in [0.1, 0.15) is 6.04 Å². The highest BCUT2D eigenvalue weighted by Gasteiger charge is 2.76. The summed E-state index contributed by atoms with van der Waals surface area (Å²) in [6.07, 6.45) is 0.718. The lowest BCUT2D eigenvalue weighted by Gasteiger charge is -2.40. The Balaban J connectivity index is 1.41. The van der Waals surface area contributed by atoms with Crippen LogP contribution in [0, 0.1) is 24.7 Å². The fourth-order valence-electron chi connectivity index (χ4n) is 7.31. The third-order valence-electron chi connectivity index (χ3n) is 9.21. The van der Waals surface area contributed by atoms with E-state index >= 15 is 0 Å². The molecule has 0 radical (unpaired) electrons. The summed E-state index contributed by atoms with van der Waals surface area (Å²) in [7, 11) is 0. The maximum absolute atomic E-state index is 14.6. The predicted molar refractivity (Wildman–Crippen MR) is 165 cm³/mol. The standard InChI is InChI=1S/C33H34ClN3O4S/c1-19-10-9-15-23(34)28(19)36-31(40)29-33-20(2)16-25(42-33)26(30(39)35-17-21-11-5-3-6-12-21)27(33)32(41)37(29)24(18-38)22-13-7-4-8-14-22/h3-15,20,24-27,29,38H,16-18H2,1-2H3,(H,35,39)(H,36,40)/t20?,24-,25+,26-,27+,29?,33?/m1/s1. The molecule has 7 nitrogen and oxygen atoms in total. The largest absolute Gasteiger partial charge is 0.394 e. The Morgan fingerprint density at radius 2 is 1.74 bits per heavy atom. The van der Waals surface area contributed by atoms with Crippen LogP contribution in [0.15, 0.2) is 78.9 Å². The van der Waals surface area contributed by atoms with Crippen molar-refractivity contribution in [3.8, 4) is 0 Å². The van der Waals surface area contributed by atoms with Gasteiger partial charge in [-0.3, -0.25) is 14.4 Å². The minimum atomic E-state index is -0.917. The number of anilines is 1. The number of nitrogens with one attached hydrogen (secondary N) is 2. The molecule has 3 aliphatic heterocycles. The fraction of sp³-hybridized carbons (Fsp3) is 0.364. The van der Waals surface area contributed by atoms with Gasteiger partial charge in [0.15, 0.2) is 0 Å². The van der Waals surface area contributed by atoms with Gasteiger partial charge >= 0.3 is 0 Å². The molecule has 42 heavy (non-hydrogen) atoms. The van der Waals surface area contributed by atoms with Crippen molar-refractivity contribution in [3.63, 3.8) is 0 Å². The lowest BCUT2D eigenvalue weighted by atomic mass is 9.66. The number of halogens is 1. The van der Waals surface area contributed by atoms with Crippen molar-refractivity contribution in [1.29, 1.82) is 0 Å². The molecule has 2 bridgehead atoms. The molecule has 3 fully saturated rings. The van der Waals surface area contributed by atoms with Crippen LogP contribution >= 0.6 is 23.4 Å². The number of likely N-dealkylation sites (tertiary alicyclic amines) is 1. The van der Waals surface area contributed by atoms with Crippen LogP contribution in [0.1, 0.15) is 36.1 Å². The van der Waals surface area contributed by atoms with E-state index in [1.54, 1.807) is 22.7 Å². The van der Waals surface area contributed by atoms with E-state index in [-0.39, 0.29) is 35.5 Å². The fourth-order valence-corrected chi connectivity index (χ4v) is 9.99. The number of thioether (sulfide) groups is 1. The highest BCUT2D eigenvalue weighted by atomic mass is 35.5. The van der Waals surface area contributed by atoms with Gasteiger partial charge in [-0.1, -0.05) is 91.3 Å². The minimum Gasteiger partial charge on any atom is -0.394 e. The molecule has 218 valence electrons. The summed E-state index contributed by atoms with van der Waals surface area (Å²) < 4.78 is -0.835. The summed E-state index contributed by atoms with van der Waals surface area (Å²) in [5.74, 6) is -2.10. The number of aliphatic hydroxyl groups excluding tert-OH is 1. The maximum Gasteiger partial charge on any atom is 0.248 e. The van der Waals surface area contributed by atoms with Gasteiger partial charge in [0.25, 0.3) is 0 Å². The predicted octanol–water partition coefficient (Wildman–Crippen LogP) is 4.97. The Hall–Kier alpha value is -3.33. The van der Waals surface area contributed by atoms with Crippen LogP contribution in [0.3, 0.4) is 0 Å². The van der Waals surface area contributed by atoms with Gasteiger partial charge in [-0.2, -0.15) is 0 Å². The monoisotopic (exact) mass is 603 g/mol. The number of aryl methyl sites for hydroxylation is 1. The van der Waals surface area contributed by atoms with Gasteiger partial charge in [-0.25, -0.2) is 0 Å². The highest BCUT2D eigenvalue weighted by molar-refractivity contribution is 8.02. The average molecular weight is 604 g/mol. The Morgan fingerprint density at radius 3 is 2.40 bits per heavy atom. The van der Waals surface area contributed by atoms with Crippen molar-refractivity contribution in [2.75, 3.05) is 11.9 Å². The van der Waals surface area contributed by atoms with Crippen LogP contribution in [0.4, 0.5) is 5.69 Å². The second-order valence-electron chi connectivity index (χ2n) is 11.5. The van der Waals surface area contributed by atoms with Crippen molar-refractivity contribution in [2.45, 2.75) is 48.9 Å². The zero-order valence-electron chi connectivity index (χ0n) is 23.5. The summed E-state index contributed by atoms with van der Waals surface area (Å²) in [5, 5.41) is 17.1. The van der Waals surface area contributed by atoms with Crippen molar-refractivity contribution in [3.05, 3.63) is 101 Å². The average Bonchev–Trinajstić information content (AvgIpc) is 3.59. The first kappa shape index (κ1) is 28.8. The SMILES string of the molecule is Cc1cccc(Cl)c1NC(=O)C1N([C@H](CO)c2ccccc2)C(=O)[C@@H]2[C@H](C(=O)NCc3ccccc3)[C@@H]3CC(C)C12S3. The number of hydrogen-bond donors (Lipinski definition) is 3. The molecule has 3 saturated heterocycles. The van der Waals surface area contributed by atoms with E-state index in [0.717, 1.165) is 23.1 Å². The summed E-state index contributed by atoms with van der Waals surface area (Å²) in [4.78, 5) is 44.4. The molecule has 3 heterocycles. The van der Waals surface area contributed by atoms with Crippen molar-refractivity contribution in [1.82, 2.24) is 10.2 Å². The number of aliphatic hydroxyl groups is 1. The van der Waals surface area contributed by atoms with E-state index in [1.165, 1.54) is 0 Å². The number of carbonyl (C=O) groups excluding carboxylic acids is 3. The molecule has 3 aliphatic rings. The number of benzene rings is 3. The Labute approximate surface area is 255 Å². The van der Waals surface area contributed by atoms with Gasteiger partial charge < -0.3 is 20.6 Å². The van der Waals surface area contributed by atoms with Crippen molar-refractivity contribution < 1.29 is 19.5 Å². The summed E-state index contributed by atoms with van der Waals surface area (Å²) in [5.41, 5.74) is 3.01. The van der Waals surface area contributed by atoms with Gasteiger partial charge in [0.05, 0.1) is 39.9 Å². The van der Waals surface area contributed by atoms with E-state index in [9.17, 15) is 19.5 Å². The lowest BCUT2D eigenvalue weighted by molar-refractivity contribution is -0.142. The van der Waals surface area contributed by atoms with Crippen LogP contribution in [-0.2, 0) is 20.9 Å². The number of carbonyl (C=O) groups is 3. The van der Waals surface area contributed by atoms with Crippen LogP contribution < -0.4 is 10.6 Å². The first-order chi connectivity index (χ1) is 20.3. The van der Waals surface area contributed by atoms with E-state index in [0.29, 0.717) is 17.3 Å².